The highest BCUT2D eigenvalue weighted by atomic mass is 16.4. The van der Waals surface area contributed by atoms with Crippen molar-refractivity contribution in [2.75, 3.05) is 0 Å². The summed E-state index contributed by atoms with van der Waals surface area (Å²) >= 11 is 0. The van der Waals surface area contributed by atoms with E-state index in [4.69, 9.17) is 9.52 Å². The highest BCUT2D eigenvalue weighted by Crippen LogP contribution is 2.05. The van der Waals surface area contributed by atoms with Crippen molar-refractivity contribution >= 4 is 5.97 Å². The summed E-state index contributed by atoms with van der Waals surface area (Å²) in [5.41, 5.74) is -0.103. The minimum absolute atomic E-state index is 0.0438. The van der Waals surface area contributed by atoms with Crippen LogP contribution in [0.4, 0.5) is 0 Å². The first-order valence-corrected chi connectivity index (χ1v) is 4.31. The molecule has 5 heteroatoms. The lowest BCUT2D eigenvalue weighted by Gasteiger charge is -2.18. The van der Waals surface area contributed by atoms with Crippen molar-refractivity contribution in [3.63, 3.8) is 0 Å². The zero-order valence-corrected chi connectivity index (χ0v) is 8.50. The fourth-order valence-electron chi connectivity index (χ4n) is 0.831. The second-order valence-electron chi connectivity index (χ2n) is 4.04. The molecule has 1 rings (SSSR count). The van der Waals surface area contributed by atoms with Crippen LogP contribution in [-0.2, 0) is 6.54 Å². The number of carboxylic acid groups (broad SMARTS) is 1. The molecule has 1 heterocycles. The van der Waals surface area contributed by atoms with Gasteiger partial charge >= 0.3 is 5.97 Å². The predicted octanol–water partition coefficient (Wildman–Crippen LogP) is 1.26. The Balaban J connectivity index is 2.56. The van der Waals surface area contributed by atoms with Gasteiger partial charge in [0.1, 0.15) is 6.26 Å². The standard InChI is InChI=1S/C9H14N2O3/c1-9(2,3)10-4-7-11-6(5-14-7)8(12)13/h5,10H,4H2,1-3H3,(H,12,13). The lowest BCUT2D eigenvalue weighted by molar-refractivity contribution is 0.0690. The molecule has 0 aromatic carbocycles. The second-order valence-corrected chi connectivity index (χ2v) is 4.04. The summed E-state index contributed by atoms with van der Waals surface area (Å²) in [6.45, 7) is 6.45. The molecule has 0 aliphatic carbocycles. The van der Waals surface area contributed by atoms with Crippen molar-refractivity contribution in [3.05, 3.63) is 17.8 Å². The van der Waals surface area contributed by atoms with Crippen LogP contribution in [0, 0.1) is 0 Å². The summed E-state index contributed by atoms with van der Waals surface area (Å²) in [7, 11) is 0. The van der Waals surface area contributed by atoms with Gasteiger partial charge in [0, 0.05) is 5.54 Å². The van der Waals surface area contributed by atoms with Gasteiger partial charge in [0.2, 0.25) is 5.89 Å². The Labute approximate surface area is 82.1 Å². The normalized spacial score (nSPS) is 11.6. The van der Waals surface area contributed by atoms with E-state index in [2.05, 4.69) is 10.3 Å². The van der Waals surface area contributed by atoms with E-state index in [1.54, 1.807) is 0 Å². The van der Waals surface area contributed by atoms with Crippen molar-refractivity contribution in [3.8, 4) is 0 Å². The first kappa shape index (κ1) is 10.7. The Kier molecular flexibility index (Phi) is 2.90. The number of carbonyl (C=O) groups is 1. The first-order chi connectivity index (χ1) is 6.38. The Morgan fingerprint density at radius 3 is 2.71 bits per heavy atom. The van der Waals surface area contributed by atoms with Crippen molar-refractivity contribution in [1.29, 1.82) is 0 Å². The first-order valence-electron chi connectivity index (χ1n) is 4.31. The maximum atomic E-state index is 10.5. The van der Waals surface area contributed by atoms with Gasteiger partial charge in [-0.25, -0.2) is 9.78 Å². The molecule has 2 N–H and O–H groups in total. The summed E-state index contributed by atoms with van der Waals surface area (Å²) in [5, 5.41) is 11.7. The van der Waals surface area contributed by atoms with E-state index in [-0.39, 0.29) is 11.2 Å². The lowest BCUT2D eigenvalue weighted by atomic mass is 10.1. The summed E-state index contributed by atoms with van der Waals surface area (Å²) in [4.78, 5) is 14.3. The minimum atomic E-state index is -1.07. The third kappa shape index (κ3) is 3.18. The van der Waals surface area contributed by atoms with Gasteiger partial charge in [0.15, 0.2) is 5.69 Å². The monoisotopic (exact) mass is 198 g/mol. The van der Waals surface area contributed by atoms with Gasteiger partial charge < -0.3 is 14.8 Å². The number of carboxylic acids is 1. The maximum Gasteiger partial charge on any atom is 0.357 e. The van der Waals surface area contributed by atoms with Crippen LogP contribution >= 0.6 is 0 Å². The molecule has 5 nitrogen and oxygen atoms in total. The van der Waals surface area contributed by atoms with Gasteiger partial charge in [0.05, 0.1) is 6.54 Å². The number of oxazole rings is 1. The van der Waals surface area contributed by atoms with Gasteiger partial charge in [-0.3, -0.25) is 0 Å². The van der Waals surface area contributed by atoms with E-state index in [1.807, 2.05) is 20.8 Å². The molecular formula is C9H14N2O3. The van der Waals surface area contributed by atoms with Gasteiger partial charge in [0.25, 0.3) is 0 Å². The predicted molar refractivity (Wildman–Crippen MR) is 50.1 cm³/mol. The minimum Gasteiger partial charge on any atom is -0.476 e. The van der Waals surface area contributed by atoms with Crippen LogP contribution in [0.25, 0.3) is 0 Å². The van der Waals surface area contributed by atoms with Crippen LogP contribution in [0.15, 0.2) is 10.7 Å². The molecular weight excluding hydrogens is 184 g/mol. The van der Waals surface area contributed by atoms with Gasteiger partial charge in [-0.05, 0) is 20.8 Å². The Hall–Kier alpha value is -1.36. The topological polar surface area (TPSA) is 75.4 Å². The molecule has 0 saturated carbocycles. The summed E-state index contributed by atoms with van der Waals surface area (Å²) < 4.78 is 4.97. The highest BCUT2D eigenvalue weighted by Gasteiger charge is 2.13. The molecule has 0 fully saturated rings. The lowest BCUT2D eigenvalue weighted by Crippen LogP contribution is -2.35. The van der Waals surface area contributed by atoms with Crippen LogP contribution in [0.3, 0.4) is 0 Å². The Bertz CT molecular complexity index is 325. The van der Waals surface area contributed by atoms with Crippen molar-refractivity contribution in [2.45, 2.75) is 32.9 Å². The highest BCUT2D eigenvalue weighted by molar-refractivity contribution is 5.84. The number of rotatable bonds is 3. The molecule has 0 aliphatic heterocycles. The number of hydrogen-bond donors (Lipinski definition) is 2. The molecule has 0 atom stereocenters. The van der Waals surface area contributed by atoms with E-state index >= 15 is 0 Å². The molecule has 0 aliphatic rings. The van der Waals surface area contributed by atoms with E-state index < -0.39 is 5.97 Å². The average Bonchev–Trinajstić information content (AvgIpc) is 2.47. The fraction of sp³-hybridized carbons (Fsp3) is 0.556. The van der Waals surface area contributed by atoms with Crippen molar-refractivity contribution < 1.29 is 14.3 Å². The summed E-state index contributed by atoms with van der Waals surface area (Å²) in [5.74, 6) is -0.687. The molecule has 14 heavy (non-hydrogen) atoms. The van der Waals surface area contributed by atoms with Crippen LogP contribution in [0.5, 0.6) is 0 Å². The van der Waals surface area contributed by atoms with E-state index in [0.29, 0.717) is 12.4 Å². The molecule has 1 aromatic heterocycles. The van der Waals surface area contributed by atoms with Crippen molar-refractivity contribution in [2.24, 2.45) is 0 Å². The third-order valence-electron chi connectivity index (χ3n) is 1.54. The molecule has 0 saturated heterocycles. The van der Waals surface area contributed by atoms with E-state index in [0.717, 1.165) is 6.26 Å². The molecule has 0 bridgehead atoms. The SMILES string of the molecule is CC(C)(C)NCc1nc(C(=O)O)co1. The molecule has 0 spiro atoms. The average molecular weight is 198 g/mol. The molecule has 0 unspecified atom stereocenters. The van der Waals surface area contributed by atoms with Crippen molar-refractivity contribution in [1.82, 2.24) is 10.3 Å². The van der Waals surface area contributed by atoms with Gasteiger partial charge in [-0.2, -0.15) is 0 Å². The van der Waals surface area contributed by atoms with E-state index in [9.17, 15) is 4.79 Å². The van der Waals surface area contributed by atoms with Crippen LogP contribution in [0.1, 0.15) is 37.2 Å². The zero-order valence-electron chi connectivity index (χ0n) is 8.50. The quantitative estimate of drug-likeness (QED) is 0.764. The molecule has 78 valence electrons. The third-order valence-corrected chi connectivity index (χ3v) is 1.54. The number of nitrogens with one attached hydrogen (secondary N) is 1. The summed E-state index contributed by atoms with van der Waals surface area (Å²) in [6.07, 6.45) is 1.14. The Morgan fingerprint density at radius 2 is 2.29 bits per heavy atom. The summed E-state index contributed by atoms with van der Waals surface area (Å²) in [6, 6.07) is 0. The fourth-order valence-corrected chi connectivity index (χ4v) is 0.831. The smallest absolute Gasteiger partial charge is 0.357 e. The number of nitrogens with zero attached hydrogens (tertiary/aromatic N) is 1. The molecule has 0 radical (unpaired) electrons. The second kappa shape index (κ2) is 3.79. The maximum absolute atomic E-state index is 10.5. The van der Waals surface area contributed by atoms with Crippen LogP contribution < -0.4 is 5.32 Å². The van der Waals surface area contributed by atoms with E-state index in [1.165, 1.54) is 0 Å². The number of aromatic carboxylic acids is 1. The largest absolute Gasteiger partial charge is 0.476 e. The van der Waals surface area contributed by atoms with Crippen LogP contribution in [0.2, 0.25) is 0 Å². The molecule has 0 amide bonds. The molecule has 1 aromatic rings. The van der Waals surface area contributed by atoms with Crippen LogP contribution in [-0.4, -0.2) is 21.6 Å². The van der Waals surface area contributed by atoms with Gasteiger partial charge in [-0.1, -0.05) is 0 Å². The number of hydrogen-bond acceptors (Lipinski definition) is 4. The number of aromatic nitrogens is 1. The zero-order chi connectivity index (χ0) is 10.8. The Morgan fingerprint density at radius 1 is 1.64 bits per heavy atom. The van der Waals surface area contributed by atoms with Gasteiger partial charge in [-0.15, -0.1) is 0 Å².